The van der Waals surface area contributed by atoms with Gasteiger partial charge in [-0.3, -0.25) is 9.69 Å². The molecule has 1 aliphatic carbocycles. The van der Waals surface area contributed by atoms with Crippen LogP contribution in [-0.4, -0.2) is 57.9 Å². The molecule has 0 N–H and O–H groups in total. The van der Waals surface area contributed by atoms with Gasteiger partial charge in [0.2, 0.25) is 0 Å². The van der Waals surface area contributed by atoms with Crippen molar-refractivity contribution in [3.63, 3.8) is 0 Å². The van der Waals surface area contributed by atoms with E-state index in [2.05, 4.69) is 19.8 Å². The lowest BCUT2D eigenvalue weighted by Crippen LogP contribution is -2.47. The molecule has 1 aromatic heterocycles. The Morgan fingerprint density at radius 3 is 2.61 bits per heavy atom. The standard InChI is InChI=1S/C18H26N4O/c1-13-19-7-16(8-20-13)18(23)22-11-15-5-6-17(12-22)21(10-15)9-14-3-2-4-14/h7-8,14-15,17H,2-6,9-12H2,1H3/t15-,17-/m0/s1. The van der Waals surface area contributed by atoms with Crippen LogP contribution in [0, 0.1) is 18.8 Å². The van der Waals surface area contributed by atoms with Gasteiger partial charge in [0.1, 0.15) is 5.82 Å². The van der Waals surface area contributed by atoms with Crippen LogP contribution < -0.4 is 0 Å². The first-order valence-electron chi connectivity index (χ1n) is 9.01. The molecule has 2 atom stereocenters. The summed E-state index contributed by atoms with van der Waals surface area (Å²) in [5.74, 6) is 2.35. The van der Waals surface area contributed by atoms with Crippen LogP contribution >= 0.6 is 0 Å². The van der Waals surface area contributed by atoms with Crippen molar-refractivity contribution >= 4 is 5.91 Å². The third-order valence-corrected chi connectivity index (χ3v) is 5.86. The summed E-state index contributed by atoms with van der Waals surface area (Å²) < 4.78 is 0. The van der Waals surface area contributed by atoms with Gasteiger partial charge in [-0.25, -0.2) is 9.97 Å². The highest BCUT2D eigenvalue weighted by Crippen LogP contribution is 2.33. The van der Waals surface area contributed by atoms with E-state index in [1.165, 1.54) is 45.2 Å². The number of piperidine rings is 1. The molecule has 3 aliphatic heterocycles. The molecule has 124 valence electrons. The SMILES string of the molecule is Cc1ncc(C(=O)N2C[C@H]3CC[C@@H](C2)N(CC2CCC2)C3)cn1. The maximum atomic E-state index is 12.8. The summed E-state index contributed by atoms with van der Waals surface area (Å²) in [5.41, 5.74) is 0.627. The molecular weight excluding hydrogens is 288 g/mol. The Morgan fingerprint density at radius 1 is 1.13 bits per heavy atom. The van der Waals surface area contributed by atoms with Crippen molar-refractivity contribution in [3.8, 4) is 0 Å². The highest BCUT2D eigenvalue weighted by molar-refractivity contribution is 5.93. The molecule has 4 fully saturated rings. The predicted octanol–water partition coefficient (Wildman–Crippen LogP) is 2.12. The zero-order valence-corrected chi connectivity index (χ0v) is 13.9. The minimum Gasteiger partial charge on any atom is -0.337 e. The third kappa shape index (κ3) is 3.11. The van der Waals surface area contributed by atoms with Gasteiger partial charge < -0.3 is 4.90 Å². The number of carbonyl (C=O) groups excluding carboxylic acids is 1. The summed E-state index contributed by atoms with van der Waals surface area (Å²) >= 11 is 0. The van der Waals surface area contributed by atoms with Crippen LogP contribution in [0.15, 0.2) is 12.4 Å². The lowest BCUT2D eigenvalue weighted by Gasteiger charge is -2.40. The first-order chi connectivity index (χ1) is 11.2. The van der Waals surface area contributed by atoms with E-state index in [1.807, 2.05) is 6.92 Å². The number of hydrogen-bond donors (Lipinski definition) is 0. The summed E-state index contributed by atoms with van der Waals surface area (Å²) in [6.07, 6.45) is 10.1. The molecule has 4 aliphatic rings. The average molecular weight is 314 g/mol. The van der Waals surface area contributed by atoms with Crippen molar-refractivity contribution in [1.82, 2.24) is 19.8 Å². The third-order valence-electron chi connectivity index (χ3n) is 5.86. The number of fused-ring (bicyclic) bond motifs is 4. The number of aryl methyl sites for hydroxylation is 1. The normalized spacial score (nSPS) is 28.5. The molecule has 1 saturated carbocycles. The molecule has 0 unspecified atom stereocenters. The quantitative estimate of drug-likeness (QED) is 0.857. The van der Waals surface area contributed by atoms with E-state index < -0.39 is 0 Å². The molecule has 5 nitrogen and oxygen atoms in total. The van der Waals surface area contributed by atoms with Gasteiger partial charge in [-0.05, 0) is 44.4 Å². The fourth-order valence-electron chi connectivity index (χ4n) is 4.26. The number of carbonyl (C=O) groups is 1. The molecule has 23 heavy (non-hydrogen) atoms. The van der Waals surface area contributed by atoms with Crippen LogP contribution in [0.3, 0.4) is 0 Å². The molecule has 1 amide bonds. The first-order valence-corrected chi connectivity index (χ1v) is 9.01. The first kappa shape index (κ1) is 15.1. The molecule has 2 bridgehead atoms. The van der Waals surface area contributed by atoms with E-state index in [1.54, 1.807) is 12.4 Å². The maximum Gasteiger partial charge on any atom is 0.257 e. The topological polar surface area (TPSA) is 49.3 Å². The Labute approximate surface area is 138 Å². The lowest BCUT2D eigenvalue weighted by atomic mass is 9.83. The van der Waals surface area contributed by atoms with Gasteiger partial charge in [0.15, 0.2) is 0 Å². The highest BCUT2D eigenvalue weighted by Gasteiger charge is 2.37. The second kappa shape index (κ2) is 6.19. The minimum absolute atomic E-state index is 0.104. The lowest BCUT2D eigenvalue weighted by molar-refractivity contribution is 0.0716. The molecular formula is C18H26N4O. The van der Waals surface area contributed by atoms with Gasteiger partial charge in [0.25, 0.3) is 5.91 Å². The van der Waals surface area contributed by atoms with Crippen molar-refractivity contribution in [2.45, 2.75) is 45.1 Å². The van der Waals surface area contributed by atoms with Crippen LogP contribution in [0.5, 0.6) is 0 Å². The predicted molar refractivity (Wildman–Crippen MR) is 88.1 cm³/mol. The maximum absolute atomic E-state index is 12.8. The number of amides is 1. The Balaban J connectivity index is 1.46. The van der Waals surface area contributed by atoms with Crippen LogP contribution in [0.1, 0.15) is 48.3 Å². The molecule has 0 spiro atoms. The molecule has 1 aromatic rings. The van der Waals surface area contributed by atoms with Crippen molar-refractivity contribution in [1.29, 1.82) is 0 Å². The van der Waals surface area contributed by atoms with Crippen LogP contribution in [0.25, 0.3) is 0 Å². The molecule has 0 radical (unpaired) electrons. The molecule has 5 heteroatoms. The zero-order chi connectivity index (χ0) is 15.8. The number of hydrogen-bond acceptors (Lipinski definition) is 4. The highest BCUT2D eigenvalue weighted by atomic mass is 16.2. The zero-order valence-electron chi connectivity index (χ0n) is 13.9. The summed E-state index contributed by atoms with van der Waals surface area (Å²) in [6, 6.07) is 0.546. The Kier molecular flexibility index (Phi) is 4.05. The average Bonchev–Trinajstić information content (AvgIpc) is 2.82. The van der Waals surface area contributed by atoms with Gasteiger partial charge in [0.05, 0.1) is 5.56 Å². The minimum atomic E-state index is 0.104. The number of nitrogens with zero attached hydrogens (tertiary/aromatic N) is 4. The van der Waals surface area contributed by atoms with Crippen molar-refractivity contribution < 1.29 is 4.79 Å². The number of rotatable bonds is 3. The summed E-state index contributed by atoms with van der Waals surface area (Å²) in [4.78, 5) is 25.9. The van der Waals surface area contributed by atoms with E-state index in [0.717, 1.165) is 19.0 Å². The van der Waals surface area contributed by atoms with E-state index in [4.69, 9.17) is 0 Å². The van der Waals surface area contributed by atoms with Crippen molar-refractivity contribution in [2.24, 2.45) is 11.8 Å². The largest absolute Gasteiger partial charge is 0.337 e. The molecule has 3 saturated heterocycles. The van der Waals surface area contributed by atoms with Crippen LogP contribution in [-0.2, 0) is 0 Å². The summed E-state index contributed by atoms with van der Waals surface area (Å²) in [7, 11) is 0. The fraction of sp³-hybridized carbons (Fsp3) is 0.722. The van der Waals surface area contributed by atoms with E-state index in [9.17, 15) is 4.79 Å². The van der Waals surface area contributed by atoms with Crippen LogP contribution in [0.2, 0.25) is 0 Å². The second-order valence-electron chi connectivity index (χ2n) is 7.58. The Hall–Kier alpha value is -1.49. The van der Waals surface area contributed by atoms with Gasteiger partial charge in [-0.15, -0.1) is 0 Å². The van der Waals surface area contributed by atoms with E-state index >= 15 is 0 Å². The van der Waals surface area contributed by atoms with Gasteiger partial charge in [-0.2, -0.15) is 0 Å². The van der Waals surface area contributed by atoms with E-state index in [0.29, 0.717) is 23.3 Å². The van der Waals surface area contributed by atoms with E-state index in [-0.39, 0.29) is 5.91 Å². The number of aromatic nitrogens is 2. The van der Waals surface area contributed by atoms with Gasteiger partial charge in [0, 0.05) is 44.6 Å². The van der Waals surface area contributed by atoms with Gasteiger partial charge >= 0.3 is 0 Å². The summed E-state index contributed by atoms with van der Waals surface area (Å²) in [6.45, 7) is 6.03. The monoisotopic (exact) mass is 314 g/mol. The Morgan fingerprint density at radius 2 is 1.91 bits per heavy atom. The van der Waals surface area contributed by atoms with Gasteiger partial charge in [-0.1, -0.05) is 6.42 Å². The van der Waals surface area contributed by atoms with Crippen molar-refractivity contribution in [2.75, 3.05) is 26.2 Å². The molecule has 4 heterocycles. The smallest absolute Gasteiger partial charge is 0.257 e. The Bertz CT molecular complexity index is 569. The second-order valence-corrected chi connectivity index (χ2v) is 7.58. The fourth-order valence-corrected chi connectivity index (χ4v) is 4.26. The van der Waals surface area contributed by atoms with Crippen LogP contribution in [0.4, 0.5) is 0 Å². The molecule has 0 aromatic carbocycles. The molecule has 5 rings (SSSR count). The van der Waals surface area contributed by atoms with Crippen molar-refractivity contribution in [3.05, 3.63) is 23.8 Å². The summed E-state index contributed by atoms with van der Waals surface area (Å²) in [5, 5.41) is 0.